The molecule has 2 aromatic rings. The highest BCUT2D eigenvalue weighted by atomic mass is 35.5. The van der Waals surface area contributed by atoms with Crippen LogP contribution in [0.1, 0.15) is 18.4 Å². The van der Waals surface area contributed by atoms with E-state index in [0.29, 0.717) is 23.3 Å². The minimum atomic E-state index is 0.112. The van der Waals surface area contributed by atoms with Crippen molar-refractivity contribution in [1.82, 2.24) is 9.97 Å². The van der Waals surface area contributed by atoms with Crippen LogP contribution in [0.25, 0.3) is 0 Å². The number of anilines is 2. The van der Waals surface area contributed by atoms with Crippen molar-refractivity contribution in [2.24, 2.45) is 0 Å². The number of aliphatic hydroxyl groups is 1. The predicted molar refractivity (Wildman–Crippen MR) is 94.8 cm³/mol. The van der Waals surface area contributed by atoms with E-state index >= 15 is 0 Å². The summed E-state index contributed by atoms with van der Waals surface area (Å²) in [4.78, 5) is 11.0. The largest absolute Gasteiger partial charge is 0.495 e. The molecule has 128 valence electrons. The predicted octanol–water partition coefficient (Wildman–Crippen LogP) is 2.71. The molecule has 0 unspecified atom stereocenters. The first-order chi connectivity index (χ1) is 11.7. The Morgan fingerprint density at radius 2 is 2.29 bits per heavy atom. The maximum atomic E-state index is 9.45. The molecular weight excluding hydrogens is 328 g/mol. The molecule has 2 heterocycles. The van der Waals surface area contributed by atoms with Crippen LogP contribution in [0.5, 0.6) is 5.75 Å². The summed E-state index contributed by atoms with van der Waals surface area (Å²) < 4.78 is 5.16. The lowest BCUT2D eigenvalue weighted by Gasteiger charge is -2.23. The molecule has 0 saturated carbocycles. The second-order valence-corrected chi connectivity index (χ2v) is 6.14. The summed E-state index contributed by atoms with van der Waals surface area (Å²) in [6.07, 6.45) is 3.76. The summed E-state index contributed by atoms with van der Waals surface area (Å²) in [5.74, 6) is 2.06. The lowest BCUT2D eigenvalue weighted by molar-refractivity contribution is 0.265. The number of hydrogen-bond acceptors (Lipinski definition) is 6. The van der Waals surface area contributed by atoms with Gasteiger partial charge in [-0.25, -0.2) is 4.98 Å². The summed E-state index contributed by atoms with van der Waals surface area (Å²) >= 11 is 6.15. The number of ether oxygens (including phenoxy) is 1. The van der Waals surface area contributed by atoms with Crippen LogP contribution in [-0.4, -0.2) is 41.4 Å². The van der Waals surface area contributed by atoms with Crippen molar-refractivity contribution in [3.63, 3.8) is 0 Å². The average Bonchev–Trinajstić information content (AvgIpc) is 3.09. The molecule has 1 aromatic carbocycles. The van der Waals surface area contributed by atoms with E-state index < -0.39 is 0 Å². The molecule has 1 saturated heterocycles. The quantitative estimate of drug-likeness (QED) is 0.836. The van der Waals surface area contributed by atoms with Crippen molar-refractivity contribution < 1.29 is 9.84 Å². The van der Waals surface area contributed by atoms with Gasteiger partial charge >= 0.3 is 0 Å². The Morgan fingerprint density at radius 1 is 1.42 bits per heavy atom. The molecule has 1 aliphatic heterocycles. The van der Waals surface area contributed by atoms with Crippen LogP contribution in [0, 0.1) is 0 Å². The number of nitrogens with one attached hydrogen (secondary N) is 1. The Kier molecular flexibility index (Phi) is 5.37. The third kappa shape index (κ3) is 3.71. The molecule has 0 aliphatic carbocycles. The van der Waals surface area contributed by atoms with Gasteiger partial charge in [0.1, 0.15) is 11.6 Å². The second-order valence-electron chi connectivity index (χ2n) is 5.74. The third-order valence-corrected chi connectivity index (χ3v) is 4.47. The zero-order valence-corrected chi connectivity index (χ0v) is 14.3. The number of methoxy groups -OCH3 is 1. The summed E-state index contributed by atoms with van der Waals surface area (Å²) in [5, 5.41) is 13.3. The Bertz CT molecular complexity index is 698. The minimum absolute atomic E-state index is 0.112. The summed E-state index contributed by atoms with van der Waals surface area (Å²) in [6.45, 7) is 1.61. The number of benzene rings is 1. The van der Waals surface area contributed by atoms with Gasteiger partial charge in [0, 0.05) is 19.3 Å². The van der Waals surface area contributed by atoms with E-state index in [4.69, 9.17) is 16.3 Å². The van der Waals surface area contributed by atoms with Crippen LogP contribution in [0.3, 0.4) is 0 Å². The zero-order chi connectivity index (χ0) is 16.9. The molecule has 1 atom stereocenters. The van der Waals surface area contributed by atoms with Crippen LogP contribution in [0.2, 0.25) is 5.02 Å². The van der Waals surface area contributed by atoms with Crippen LogP contribution in [0.4, 0.5) is 11.8 Å². The number of aromatic nitrogens is 2. The van der Waals surface area contributed by atoms with E-state index in [1.54, 1.807) is 13.3 Å². The Balaban J connectivity index is 1.67. The average molecular weight is 349 g/mol. The second kappa shape index (κ2) is 7.68. The number of halogens is 1. The molecule has 2 N–H and O–H groups in total. The van der Waals surface area contributed by atoms with E-state index in [0.717, 1.165) is 30.8 Å². The molecule has 24 heavy (non-hydrogen) atoms. The zero-order valence-electron chi connectivity index (χ0n) is 13.6. The normalized spacial score (nSPS) is 17.1. The molecular formula is C17H21ClN4O2. The van der Waals surface area contributed by atoms with Crippen molar-refractivity contribution in [1.29, 1.82) is 0 Å². The third-order valence-electron chi connectivity index (χ3n) is 4.18. The van der Waals surface area contributed by atoms with Crippen molar-refractivity contribution in [3.8, 4) is 5.75 Å². The van der Waals surface area contributed by atoms with Gasteiger partial charge < -0.3 is 20.1 Å². The number of rotatable bonds is 6. The van der Waals surface area contributed by atoms with Gasteiger partial charge in [0.25, 0.3) is 0 Å². The van der Waals surface area contributed by atoms with E-state index in [-0.39, 0.29) is 12.6 Å². The summed E-state index contributed by atoms with van der Waals surface area (Å²) in [5.41, 5.74) is 1.04. The number of nitrogens with zero attached hydrogens (tertiary/aromatic N) is 3. The minimum Gasteiger partial charge on any atom is -0.495 e. The lowest BCUT2D eigenvalue weighted by atomic mass is 10.2. The van der Waals surface area contributed by atoms with Gasteiger partial charge in [-0.15, -0.1) is 0 Å². The molecule has 3 rings (SSSR count). The first-order valence-electron chi connectivity index (χ1n) is 7.98. The number of hydrogen-bond donors (Lipinski definition) is 2. The van der Waals surface area contributed by atoms with Crippen LogP contribution < -0.4 is 15.0 Å². The fourth-order valence-electron chi connectivity index (χ4n) is 2.89. The maximum Gasteiger partial charge on any atom is 0.227 e. The van der Waals surface area contributed by atoms with Gasteiger partial charge in [0.2, 0.25) is 5.95 Å². The summed E-state index contributed by atoms with van der Waals surface area (Å²) in [6, 6.07) is 7.62. The van der Waals surface area contributed by atoms with Crippen LogP contribution in [0.15, 0.2) is 30.5 Å². The van der Waals surface area contributed by atoms with E-state index in [9.17, 15) is 5.11 Å². The van der Waals surface area contributed by atoms with Gasteiger partial charge in [0.05, 0.1) is 24.8 Å². The van der Waals surface area contributed by atoms with Gasteiger partial charge in [0.15, 0.2) is 0 Å². The Labute approximate surface area is 146 Å². The smallest absolute Gasteiger partial charge is 0.227 e. The highest BCUT2D eigenvalue weighted by molar-refractivity contribution is 6.32. The molecule has 0 spiro atoms. The highest BCUT2D eigenvalue weighted by Gasteiger charge is 2.25. The van der Waals surface area contributed by atoms with Crippen molar-refractivity contribution in [3.05, 3.63) is 41.0 Å². The van der Waals surface area contributed by atoms with Gasteiger partial charge in [-0.2, -0.15) is 4.98 Å². The fraction of sp³-hybridized carbons (Fsp3) is 0.412. The lowest BCUT2D eigenvalue weighted by Crippen LogP contribution is -2.33. The first-order valence-corrected chi connectivity index (χ1v) is 8.36. The van der Waals surface area contributed by atoms with Gasteiger partial charge in [-0.1, -0.05) is 17.7 Å². The van der Waals surface area contributed by atoms with Crippen molar-refractivity contribution in [2.45, 2.75) is 25.4 Å². The van der Waals surface area contributed by atoms with E-state index in [2.05, 4.69) is 20.2 Å². The van der Waals surface area contributed by atoms with E-state index in [1.165, 1.54) is 0 Å². The maximum absolute atomic E-state index is 9.45. The fourth-order valence-corrected chi connectivity index (χ4v) is 3.17. The molecule has 0 radical (unpaired) electrons. The molecule has 0 amide bonds. The first kappa shape index (κ1) is 16.8. The molecule has 1 aromatic heterocycles. The van der Waals surface area contributed by atoms with Crippen molar-refractivity contribution >= 4 is 23.4 Å². The SMILES string of the molecule is COc1ccc(CNc2ccnc(N3CCC[C@H]3CO)n2)cc1Cl. The summed E-state index contributed by atoms with van der Waals surface area (Å²) in [7, 11) is 1.60. The Hall–Kier alpha value is -2.05. The van der Waals surface area contributed by atoms with Crippen LogP contribution in [-0.2, 0) is 6.54 Å². The topological polar surface area (TPSA) is 70.5 Å². The highest BCUT2D eigenvalue weighted by Crippen LogP contribution is 2.26. The van der Waals surface area contributed by atoms with E-state index in [1.807, 2.05) is 24.3 Å². The number of aliphatic hydroxyl groups excluding tert-OH is 1. The Morgan fingerprint density at radius 3 is 3.04 bits per heavy atom. The van der Waals surface area contributed by atoms with Crippen LogP contribution >= 0.6 is 11.6 Å². The van der Waals surface area contributed by atoms with Gasteiger partial charge in [-0.05, 0) is 36.6 Å². The van der Waals surface area contributed by atoms with Gasteiger partial charge in [-0.3, -0.25) is 0 Å². The molecule has 0 bridgehead atoms. The molecule has 1 aliphatic rings. The molecule has 1 fully saturated rings. The molecule has 6 nitrogen and oxygen atoms in total. The standard InChI is InChI=1S/C17H21ClN4O2/c1-24-15-5-4-12(9-14(15)18)10-20-16-6-7-19-17(21-16)22-8-2-3-13(22)11-23/h4-7,9,13,23H,2-3,8,10-11H2,1H3,(H,19,20,21)/t13-/m0/s1. The van der Waals surface area contributed by atoms with Crippen molar-refractivity contribution in [2.75, 3.05) is 30.5 Å². The monoisotopic (exact) mass is 348 g/mol. The molecule has 7 heteroatoms.